The molecule has 0 spiro atoms. The summed E-state index contributed by atoms with van der Waals surface area (Å²) < 4.78 is 5.23. The molecule has 2 rings (SSSR count). The van der Waals surface area contributed by atoms with Gasteiger partial charge in [-0.2, -0.15) is 0 Å². The Labute approximate surface area is 116 Å². The fourth-order valence-electron chi connectivity index (χ4n) is 2.74. The Morgan fingerprint density at radius 2 is 1.84 bits per heavy atom. The van der Waals surface area contributed by atoms with E-state index in [4.69, 9.17) is 4.74 Å². The van der Waals surface area contributed by atoms with E-state index in [2.05, 4.69) is 10.2 Å². The van der Waals surface area contributed by atoms with E-state index in [9.17, 15) is 4.79 Å². The van der Waals surface area contributed by atoms with Crippen molar-refractivity contribution in [3.63, 3.8) is 0 Å². The van der Waals surface area contributed by atoms with E-state index in [1.54, 1.807) is 0 Å². The number of carbonyl (C=O) groups is 1. The summed E-state index contributed by atoms with van der Waals surface area (Å²) in [6, 6.07) is 0.904. The van der Waals surface area contributed by atoms with Gasteiger partial charge in [-0.05, 0) is 71.9 Å². The summed E-state index contributed by atoms with van der Waals surface area (Å²) in [5.41, 5.74) is -0.403. The average molecular weight is 268 g/mol. The minimum Gasteiger partial charge on any atom is -0.444 e. The maximum atomic E-state index is 11.5. The Balaban J connectivity index is 1.55. The molecule has 1 aliphatic carbocycles. The molecular weight excluding hydrogens is 240 g/mol. The van der Waals surface area contributed by atoms with E-state index in [1.807, 2.05) is 20.8 Å². The van der Waals surface area contributed by atoms with Crippen molar-refractivity contribution in [2.24, 2.45) is 5.92 Å². The third kappa shape index (κ3) is 5.39. The van der Waals surface area contributed by atoms with Gasteiger partial charge in [0.15, 0.2) is 0 Å². The number of likely N-dealkylation sites (tertiary alicyclic amines) is 1. The van der Waals surface area contributed by atoms with Crippen LogP contribution in [-0.4, -0.2) is 42.3 Å². The van der Waals surface area contributed by atoms with Gasteiger partial charge >= 0.3 is 6.09 Å². The number of nitrogens with zero attached hydrogens (tertiary/aromatic N) is 1. The fourth-order valence-corrected chi connectivity index (χ4v) is 2.74. The average Bonchev–Trinajstić information content (AvgIpc) is 3.11. The molecule has 1 saturated carbocycles. The van der Waals surface area contributed by atoms with Gasteiger partial charge in [0.1, 0.15) is 5.60 Å². The summed E-state index contributed by atoms with van der Waals surface area (Å²) in [4.78, 5) is 14.1. The van der Waals surface area contributed by atoms with Crippen LogP contribution in [0, 0.1) is 5.92 Å². The zero-order chi connectivity index (χ0) is 13.9. The summed E-state index contributed by atoms with van der Waals surface area (Å²) in [7, 11) is 0. The number of rotatable bonds is 4. The highest BCUT2D eigenvalue weighted by Gasteiger charge is 2.31. The van der Waals surface area contributed by atoms with Crippen molar-refractivity contribution in [3.8, 4) is 0 Å². The van der Waals surface area contributed by atoms with Crippen LogP contribution in [-0.2, 0) is 4.74 Å². The summed E-state index contributed by atoms with van der Waals surface area (Å²) in [5, 5.41) is 2.86. The predicted octanol–water partition coefficient (Wildman–Crippen LogP) is 2.78. The second kappa shape index (κ2) is 6.12. The zero-order valence-corrected chi connectivity index (χ0v) is 12.6. The van der Waals surface area contributed by atoms with Crippen LogP contribution in [0.3, 0.4) is 0 Å². The van der Waals surface area contributed by atoms with Crippen molar-refractivity contribution >= 4 is 6.09 Å². The van der Waals surface area contributed by atoms with Gasteiger partial charge in [-0.15, -0.1) is 0 Å². The number of carbonyl (C=O) groups excluding carboxylic acids is 1. The SMILES string of the molecule is CC(C)(C)OC(=O)NCCC1CCN(C2CC2)CC1. The first-order chi connectivity index (χ1) is 8.94. The molecule has 19 heavy (non-hydrogen) atoms. The lowest BCUT2D eigenvalue weighted by Gasteiger charge is -2.32. The molecule has 1 N–H and O–H groups in total. The number of amides is 1. The summed E-state index contributed by atoms with van der Waals surface area (Å²) in [6.07, 6.45) is 6.18. The lowest BCUT2D eigenvalue weighted by Crippen LogP contribution is -2.37. The van der Waals surface area contributed by atoms with Gasteiger partial charge in [-0.3, -0.25) is 0 Å². The third-order valence-electron chi connectivity index (χ3n) is 3.93. The van der Waals surface area contributed by atoms with E-state index in [-0.39, 0.29) is 6.09 Å². The van der Waals surface area contributed by atoms with Crippen molar-refractivity contribution in [1.29, 1.82) is 0 Å². The molecule has 0 aromatic rings. The highest BCUT2D eigenvalue weighted by Crippen LogP contribution is 2.31. The monoisotopic (exact) mass is 268 g/mol. The molecule has 4 heteroatoms. The van der Waals surface area contributed by atoms with Crippen molar-refractivity contribution in [2.75, 3.05) is 19.6 Å². The van der Waals surface area contributed by atoms with Crippen LogP contribution < -0.4 is 5.32 Å². The first kappa shape index (κ1) is 14.6. The molecule has 110 valence electrons. The highest BCUT2D eigenvalue weighted by molar-refractivity contribution is 5.67. The normalized spacial score (nSPS) is 22.3. The number of hydrogen-bond acceptors (Lipinski definition) is 3. The summed E-state index contributed by atoms with van der Waals surface area (Å²) in [5.74, 6) is 0.768. The lowest BCUT2D eigenvalue weighted by molar-refractivity contribution is 0.0522. The van der Waals surface area contributed by atoms with Crippen LogP contribution in [0.5, 0.6) is 0 Å². The molecule has 1 saturated heterocycles. The van der Waals surface area contributed by atoms with Gasteiger partial charge in [-0.25, -0.2) is 4.79 Å². The quantitative estimate of drug-likeness (QED) is 0.852. The van der Waals surface area contributed by atoms with Gasteiger partial charge < -0.3 is 15.0 Å². The fraction of sp³-hybridized carbons (Fsp3) is 0.933. The maximum absolute atomic E-state index is 11.5. The summed E-state index contributed by atoms with van der Waals surface area (Å²) >= 11 is 0. The Hall–Kier alpha value is -0.770. The number of piperidine rings is 1. The molecule has 2 aliphatic rings. The molecule has 1 aliphatic heterocycles. The van der Waals surface area contributed by atoms with E-state index in [1.165, 1.54) is 38.8 Å². The second-order valence-corrected chi connectivity index (χ2v) is 6.93. The topological polar surface area (TPSA) is 41.6 Å². The minimum absolute atomic E-state index is 0.289. The number of alkyl carbamates (subject to hydrolysis) is 1. The number of ether oxygens (including phenoxy) is 1. The molecule has 0 bridgehead atoms. The van der Waals surface area contributed by atoms with Crippen molar-refractivity contribution in [2.45, 2.75) is 64.5 Å². The Kier molecular flexibility index (Phi) is 4.71. The van der Waals surface area contributed by atoms with E-state index < -0.39 is 5.60 Å². The Morgan fingerprint density at radius 3 is 2.37 bits per heavy atom. The van der Waals surface area contributed by atoms with Crippen LogP contribution in [0.15, 0.2) is 0 Å². The third-order valence-corrected chi connectivity index (χ3v) is 3.93. The second-order valence-electron chi connectivity index (χ2n) is 6.93. The maximum Gasteiger partial charge on any atom is 0.407 e. The molecule has 1 heterocycles. The molecule has 0 unspecified atom stereocenters. The molecule has 4 nitrogen and oxygen atoms in total. The van der Waals surface area contributed by atoms with E-state index >= 15 is 0 Å². The van der Waals surface area contributed by atoms with Crippen LogP contribution >= 0.6 is 0 Å². The zero-order valence-electron chi connectivity index (χ0n) is 12.6. The largest absolute Gasteiger partial charge is 0.444 e. The van der Waals surface area contributed by atoms with Gasteiger partial charge in [0.05, 0.1) is 0 Å². The molecule has 2 fully saturated rings. The molecule has 0 aromatic heterocycles. The Bertz CT molecular complexity index is 300. The molecular formula is C15H28N2O2. The van der Waals surface area contributed by atoms with Crippen LogP contribution in [0.2, 0.25) is 0 Å². The molecule has 0 aromatic carbocycles. The number of nitrogens with one attached hydrogen (secondary N) is 1. The molecule has 0 radical (unpaired) electrons. The van der Waals surface area contributed by atoms with E-state index in [0.717, 1.165) is 24.9 Å². The molecule has 0 atom stereocenters. The van der Waals surface area contributed by atoms with Crippen LogP contribution in [0.1, 0.15) is 52.9 Å². The van der Waals surface area contributed by atoms with Gasteiger partial charge in [0, 0.05) is 12.6 Å². The Morgan fingerprint density at radius 1 is 1.21 bits per heavy atom. The van der Waals surface area contributed by atoms with Gasteiger partial charge in [0.25, 0.3) is 0 Å². The number of hydrogen-bond donors (Lipinski definition) is 1. The summed E-state index contributed by atoms with van der Waals surface area (Å²) in [6.45, 7) is 8.91. The first-order valence-corrected chi connectivity index (χ1v) is 7.65. The van der Waals surface area contributed by atoms with Gasteiger partial charge in [0.2, 0.25) is 0 Å². The minimum atomic E-state index is -0.403. The first-order valence-electron chi connectivity index (χ1n) is 7.65. The van der Waals surface area contributed by atoms with Crippen LogP contribution in [0.25, 0.3) is 0 Å². The van der Waals surface area contributed by atoms with Crippen LogP contribution in [0.4, 0.5) is 4.79 Å². The standard InChI is InChI=1S/C15H28N2O2/c1-15(2,3)19-14(18)16-9-6-12-7-10-17(11-8-12)13-4-5-13/h12-13H,4-11H2,1-3H3,(H,16,18). The van der Waals surface area contributed by atoms with Crippen molar-refractivity contribution in [1.82, 2.24) is 10.2 Å². The lowest BCUT2D eigenvalue weighted by atomic mass is 9.93. The predicted molar refractivity (Wildman–Crippen MR) is 76.2 cm³/mol. The van der Waals surface area contributed by atoms with Crippen molar-refractivity contribution in [3.05, 3.63) is 0 Å². The van der Waals surface area contributed by atoms with Crippen molar-refractivity contribution < 1.29 is 9.53 Å². The highest BCUT2D eigenvalue weighted by atomic mass is 16.6. The van der Waals surface area contributed by atoms with Gasteiger partial charge in [-0.1, -0.05) is 0 Å². The smallest absolute Gasteiger partial charge is 0.407 e. The van der Waals surface area contributed by atoms with E-state index in [0.29, 0.717) is 0 Å². The molecule has 1 amide bonds.